The Kier molecular flexibility index (Phi) is 4.20. The highest BCUT2D eigenvalue weighted by molar-refractivity contribution is 6.32. The standard InChI is InChI=1S/C10H8F4O2.C9H10F4O/c11-9(12)1-7(2-9)5(15)8(6(7)16)3-10(13,14)4-8;10-8(11)1-5(2-8)7(14)6-3-9(12,13)4-6/h1-4H2;5-6H,1-4H2. The summed E-state index contributed by atoms with van der Waals surface area (Å²) in [7, 11) is 0. The third-order valence-electron chi connectivity index (χ3n) is 6.97. The van der Waals surface area contributed by atoms with Gasteiger partial charge in [-0.25, -0.2) is 35.1 Å². The Morgan fingerprint density at radius 2 is 0.833 bits per heavy atom. The van der Waals surface area contributed by atoms with Gasteiger partial charge >= 0.3 is 0 Å². The molecule has 11 heteroatoms. The number of Topliss-reactive ketones (excluding diaryl/α,β-unsaturated/α-hetero) is 3. The third kappa shape index (κ3) is 3.09. The highest BCUT2D eigenvalue weighted by Gasteiger charge is 2.84. The molecule has 0 atom stereocenters. The monoisotopic (exact) mass is 446 g/mol. The lowest BCUT2D eigenvalue weighted by atomic mass is 9.36. The topological polar surface area (TPSA) is 51.2 Å². The van der Waals surface area contributed by atoms with E-state index >= 15 is 0 Å². The number of hydrogen-bond donors (Lipinski definition) is 0. The van der Waals surface area contributed by atoms with Gasteiger partial charge in [0.1, 0.15) is 16.6 Å². The Hall–Kier alpha value is -1.55. The Bertz CT molecular complexity index is 720. The van der Waals surface area contributed by atoms with Gasteiger partial charge < -0.3 is 0 Å². The molecule has 5 aliphatic carbocycles. The molecule has 0 aromatic rings. The van der Waals surface area contributed by atoms with Crippen LogP contribution in [-0.4, -0.2) is 41.0 Å². The van der Waals surface area contributed by atoms with Gasteiger partial charge in [-0.05, 0) is 0 Å². The van der Waals surface area contributed by atoms with Gasteiger partial charge in [-0.2, -0.15) is 0 Å². The van der Waals surface area contributed by atoms with E-state index in [-0.39, 0.29) is 5.78 Å². The maximum atomic E-state index is 12.7. The minimum atomic E-state index is -2.99. The van der Waals surface area contributed by atoms with E-state index in [0.29, 0.717) is 0 Å². The van der Waals surface area contributed by atoms with Crippen LogP contribution in [0.4, 0.5) is 35.1 Å². The average Bonchev–Trinajstić information content (AvgIpc) is 2.51. The molecular weight excluding hydrogens is 428 g/mol. The second-order valence-corrected chi connectivity index (χ2v) is 9.57. The van der Waals surface area contributed by atoms with Gasteiger partial charge in [0.25, 0.3) is 11.8 Å². The van der Waals surface area contributed by atoms with Crippen molar-refractivity contribution in [2.45, 2.75) is 75.1 Å². The van der Waals surface area contributed by atoms with Crippen molar-refractivity contribution < 1.29 is 49.5 Å². The first-order valence-electron chi connectivity index (χ1n) is 9.58. The Balaban J connectivity index is 0.000000147. The highest BCUT2D eigenvalue weighted by atomic mass is 19.3. The van der Waals surface area contributed by atoms with E-state index in [1.807, 2.05) is 0 Å². The Morgan fingerprint density at radius 1 is 0.567 bits per heavy atom. The zero-order valence-electron chi connectivity index (χ0n) is 15.6. The highest BCUT2D eigenvalue weighted by Crippen LogP contribution is 2.71. The van der Waals surface area contributed by atoms with Crippen molar-refractivity contribution in [3.8, 4) is 0 Å². The summed E-state index contributed by atoms with van der Waals surface area (Å²) in [5.74, 6) is -14.6. The number of alkyl halides is 8. The van der Waals surface area contributed by atoms with Crippen LogP contribution < -0.4 is 0 Å². The van der Waals surface area contributed by atoms with Gasteiger partial charge in [0, 0.05) is 63.2 Å². The second kappa shape index (κ2) is 5.82. The molecule has 168 valence electrons. The van der Waals surface area contributed by atoms with Crippen LogP contribution >= 0.6 is 0 Å². The second-order valence-electron chi connectivity index (χ2n) is 9.57. The lowest BCUT2D eigenvalue weighted by Gasteiger charge is -2.63. The molecule has 0 aromatic carbocycles. The number of rotatable bonds is 2. The molecule has 5 aliphatic rings. The lowest BCUT2D eigenvalue weighted by Crippen LogP contribution is -2.78. The summed E-state index contributed by atoms with van der Waals surface area (Å²) in [6.07, 6.45) is -4.95. The fraction of sp³-hybridized carbons (Fsp3) is 0.842. The predicted octanol–water partition coefficient (Wildman–Crippen LogP) is 4.62. The van der Waals surface area contributed by atoms with Crippen LogP contribution in [-0.2, 0) is 14.4 Å². The maximum absolute atomic E-state index is 12.7. The normalized spacial score (nSPS) is 33.2. The van der Waals surface area contributed by atoms with Crippen LogP contribution in [0.3, 0.4) is 0 Å². The SMILES string of the molecule is O=C(C1CC(F)(F)C1)C1CC(F)(F)C1.O=C1C2(CC(F)(F)C2)C(=O)C12CC(F)(F)C2. The van der Waals surface area contributed by atoms with E-state index in [1.54, 1.807) is 0 Å². The minimum absolute atomic E-state index is 0.387. The summed E-state index contributed by atoms with van der Waals surface area (Å²) < 4.78 is 100. The van der Waals surface area contributed by atoms with Crippen molar-refractivity contribution in [2.24, 2.45) is 22.7 Å². The molecular formula is C19H18F8O3. The van der Waals surface area contributed by atoms with Crippen molar-refractivity contribution >= 4 is 17.3 Å². The van der Waals surface area contributed by atoms with Gasteiger partial charge in [0.15, 0.2) is 11.6 Å². The van der Waals surface area contributed by atoms with E-state index in [1.165, 1.54) is 0 Å². The first-order valence-corrected chi connectivity index (χ1v) is 9.58. The van der Waals surface area contributed by atoms with E-state index in [2.05, 4.69) is 0 Å². The van der Waals surface area contributed by atoms with E-state index in [9.17, 15) is 49.5 Å². The predicted molar refractivity (Wildman–Crippen MR) is 83.6 cm³/mol. The quantitative estimate of drug-likeness (QED) is 0.460. The zero-order chi connectivity index (χ0) is 22.5. The molecule has 3 nitrogen and oxygen atoms in total. The number of carbonyl (C=O) groups is 3. The van der Waals surface area contributed by atoms with Gasteiger partial charge in [-0.15, -0.1) is 0 Å². The van der Waals surface area contributed by atoms with Gasteiger partial charge in [-0.3, -0.25) is 14.4 Å². The molecule has 0 aromatic heterocycles. The zero-order valence-corrected chi connectivity index (χ0v) is 15.6. The first-order chi connectivity index (χ1) is 13.4. The van der Waals surface area contributed by atoms with Crippen molar-refractivity contribution in [3.05, 3.63) is 0 Å². The van der Waals surface area contributed by atoms with E-state index < -0.39 is 109 Å². The summed E-state index contributed by atoms with van der Waals surface area (Å²) in [6, 6.07) is 0. The summed E-state index contributed by atoms with van der Waals surface area (Å²) in [5, 5.41) is 0. The average molecular weight is 446 g/mol. The van der Waals surface area contributed by atoms with Crippen LogP contribution in [0.25, 0.3) is 0 Å². The van der Waals surface area contributed by atoms with Crippen molar-refractivity contribution in [1.29, 1.82) is 0 Å². The molecule has 0 aliphatic heterocycles. The van der Waals surface area contributed by atoms with Crippen molar-refractivity contribution in [2.75, 3.05) is 0 Å². The van der Waals surface area contributed by atoms with E-state index in [4.69, 9.17) is 0 Å². The van der Waals surface area contributed by atoms with Crippen LogP contribution in [0, 0.1) is 22.7 Å². The minimum Gasteiger partial charge on any atom is -0.299 e. The molecule has 5 fully saturated rings. The summed E-state index contributed by atoms with van der Waals surface area (Å²) in [5.41, 5.74) is -3.22. The first kappa shape index (κ1) is 21.7. The fourth-order valence-electron chi connectivity index (χ4n) is 5.42. The van der Waals surface area contributed by atoms with Gasteiger partial charge in [-0.1, -0.05) is 0 Å². The molecule has 5 saturated carbocycles. The smallest absolute Gasteiger partial charge is 0.250 e. The number of hydrogen-bond acceptors (Lipinski definition) is 3. The van der Waals surface area contributed by atoms with Crippen LogP contribution in [0.15, 0.2) is 0 Å². The molecule has 30 heavy (non-hydrogen) atoms. The number of halogens is 8. The summed E-state index contributed by atoms with van der Waals surface area (Å²) >= 11 is 0. The molecule has 2 spiro atoms. The molecule has 0 N–H and O–H groups in total. The molecule has 0 radical (unpaired) electrons. The molecule has 0 amide bonds. The van der Waals surface area contributed by atoms with Crippen molar-refractivity contribution in [3.63, 3.8) is 0 Å². The number of ketones is 3. The molecule has 0 saturated heterocycles. The van der Waals surface area contributed by atoms with Gasteiger partial charge in [0.05, 0.1) is 0 Å². The van der Waals surface area contributed by atoms with Crippen molar-refractivity contribution in [1.82, 2.24) is 0 Å². The third-order valence-corrected chi connectivity index (χ3v) is 6.97. The number of carbonyl (C=O) groups excluding carboxylic acids is 3. The molecule has 0 unspecified atom stereocenters. The molecule has 0 heterocycles. The molecule has 0 bridgehead atoms. The van der Waals surface area contributed by atoms with Gasteiger partial charge in [0.2, 0.25) is 11.8 Å². The van der Waals surface area contributed by atoms with Crippen LogP contribution in [0.2, 0.25) is 0 Å². The van der Waals surface area contributed by atoms with Crippen LogP contribution in [0.1, 0.15) is 51.4 Å². The summed E-state index contributed by atoms with van der Waals surface area (Å²) in [6.45, 7) is 0. The van der Waals surface area contributed by atoms with E-state index in [0.717, 1.165) is 0 Å². The molecule has 5 rings (SSSR count). The fourth-order valence-corrected chi connectivity index (χ4v) is 5.42. The lowest BCUT2D eigenvalue weighted by molar-refractivity contribution is -0.242. The maximum Gasteiger partial charge on any atom is 0.250 e. The summed E-state index contributed by atoms with van der Waals surface area (Å²) in [4.78, 5) is 34.7. The Morgan fingerprint density at radius 3 is 1.03 bits per heavy atom. The largest absolute Gasteiger partial charge is 0.299 e. The van der Waals surface area contributed by atoms with Crippen LogP contribution in [0.5, 0.6) is 0 Å². The Labute approximate surface area is 165 Å².